The molecule has 1 aromatic heterocycles. The van der Waals surface area contributed by atoms with E-state index in [0.717, 1.165) is 30.1 Å². The molecular weight excluding hydrogens is 302 g/mol. The van der Waals surface area contributed by atoms with Crippen LogP contribution >= 0.6 is 0 Å². The van der Waals surface area contributed by atoms with Gasteiger partial charge >= 0.3 is 0 Å². The van der Waals surface area contributed by atoms with Gasteiger partial charge in [0, 0.05) is 37.1 Å². The van der Waals surface area contributed by atoms with Gasteiger partial charge in [0.2, 0.25) is 0 Å². The number of rotatable bonds is 3. The van der Waals surface area contributed by atoms with Crippen molar-refractivity contribution in [2.24, 2.45) is 0 Å². The van der Waals surface area contributed by atoms with Crippen LogP contribution < -0.4 is 4.74 Å². The Morgan fingerprint density at radius 1 is 1.21 bits per heavy atom. The first kappa shape index (κ1) is 16.5. The Balaban J connectivity index is 1.83. The first-order valence-corrected chi connectivity index (χ1v) is 8.15. The van der Waals surface area contributed by atoms with Crippen LogP contribution in [-0.2, 0) is 0 Å². The molecule has 0 N–H and O–H groups in total. The normalized spacial score (nSPS) is 18.5. The Labute approximate surface area is 142 Å². The predicted molar refractivity (Wildman–Crippen MR) is 93.2 cm³/mol. The molecule has 1 fully saturated rings. The van der Waals surface area contributed by atoms with Crippen LogP contribution in [0.3, 0.4) is 0 Å². The van der Waals surface area contributed by atoms with Gasteiger partial charge in [-0.2, -0.15) is 0 Å². The molecular formula is C19H23N3O2. The number of ether oxygens (including phenoxy) is 1. The van der Waals surface area contributed by atoms with Gasteiger partial charge < -0.3 is 9.64 Å². The van der Waals surface area contributed by atoms with E-state index in [1.165, 1.54) is 0 Å². The van der Waals surface area contributed by atoms with E-state index in [9.17, 15) is 4.79 Å². The van der Waals surface area contributed by atoms with Crippen molar-refractivity contribution in [1.82, 2.24) is 14.8 Å². The zero-order valence-electron chi connectivity index (χ0n) is 14.4. The summed E-state index contributed by atoms with van der Waals surface area (Å²) in [5, 5.41) is 0. The van der Waals surface area contributed by atoms with Crippen LogP contribution in [0.5, 0.6) is 5.75 Å². The minimum Gasteiger partial charge on any atom is -0.496 e. The third kappa shape index (κ3) is 3.26. The third-order valence-electron chi connectivity index (χ3n) is 4.59. The van der Waals surface area contributed by atoms with Crippen LogP contribution in [0.1, 0.15) is 27.7 Å². The van der Waals surface area contributed by atoms with Crippen molar-refractivity contribution >= 4 is 5.91 Å². The molecule has 1 saturated heterocycles. The third-order valence-corrected chi connectivity index (χ3v) is 4.59. The summed E-state index contributed by atoms with van der Waals surface area (Å²) in [5.74, 6) is 0.899. The van der Waals surface area contributed by atoms with E-state index in [-0.39, 0.29) is 11.9 Å². The monoisotopic (exact) mass is 325 g/mol. The lowest BCUT2D eigenvalue weighted by atomic mass is 10.0. The van der Waals surface area contributed by atoms with Gasteiger partial charge in [0.1, 0.15) is 5.75 Å². The molecule has 0 bridgehead atoms. The maximum Gasteiger partial charge on any atom is 0.255 e. The number of hydrogen-bond donors (Lipinski definition) is 0. The lowest BCUT2D eigenvalue weighted by molar-refractivity contribution is 0.0542. The molecule has 3 rings (SSSR count). The Morgan fingerprint density at radius 2 is 2.00 bits per heavy atom. The highest BCUT2D eigenvalue weighted by molar-refractivity contribution is 5.94. The van der Waals surface area contributed by atoms with Crippen molar-refractivity contribution in [1.29, 1.82) is 0 Å². The van der Waals surface area contributed by atoms with E-state index < -0.39 is 0 Å². The van der Waals surface area contributed by atoms with Gasteiger partial charge in [-0.15, -0.1) is 0 Å². The van der Waals surface area contributed by atoms with E-state index in [4.69, 9.17) is 4.74 Å². The molecule has 0 saturated carbocycles. The number of amides is 1. The first-order valence-electron chi connectivity index (χ1n) is 8.15. The molecule has 2 heterocycles. The van der Waals surface area contributed by atoms with Gasteiger partial charge in [0.05, 0.1) is 18.7 Å². The SMILES string of the molecule is COc1ccccc1C1CN(C(=O)c2ccc(C)nc2)CCN1C. The summed E-state index contributed by atoms with van der Waals surface area (Å²) in [7, 11) is 3.77. The van der Waals surface area contributed by atoms with Gasteiger partial charge in [-0.05, 0) is 32.2 Å². The van der Waals surface area contributed by atoms with Crippen LogP contribution in [0.4, 0.5) is 0 Å². The Bertz CT molecular complexity index is 715. The molecule has 1 amide bonds. The van der Waals surface area contributed by atoms with Gasteiger partial charge in [0.25, 0.3) is 5.91 Å². The summed E-state index contributed by atoms with van der Waals surface area (Å²) in [5.41, 5.74) is 2.67. The van der Waals surface area contributed by atoms with Gasteiger partial charge in [-0.1, -0.05) is 18.2 Å². The number of carbonyl (C=O) groups excluding carboxylic acids is 1. The van der Waals surface area contributed by atoms with Crippen LogP contribution in [0.2, 0.25) is 0 Å². The molecule has 1 unspecified atom stereocenters. The highest BCUT2D eigenvalue weighted by atomic mass is 16.5. The minimum atomic E-state index is 0.0375. The van der Waals surface area contributed by atoms with Gasteiger partial charge in [-0.3, -0.25) is 14.7 Å². The highest BCUT2D eigenvalue weighted by Gasteiger charge is 2.30. The van der Waals surface area contributed by atoms with E-state index in [1.807, 2.05) is 42.2 Å². The second kappa shape index (κ2) is 7.01. The molecule has 1 aliphatic rings. The Kier molecular flexibility index (Phi) is 4.81. The average Bonchev–Trinajstić information content (AvgIpc) is 2.62. The van der Waals surface area contributed by atoms with Gasteiger partial charge in [0.15, 0.2) is 0 Å². The quantitative estimate of drug-likeness (QED) is 0.870. The van der Waals surface area contributed by atoms with E-state index in [0.29, 0.717) is 12.1 Å². The molecule has 1 atom stereocenters. The number of methoxy groups -OCH3 is 1. The van der Waals surface area contributed by atoms with Crippen LogP contribution in [0, 0.1) is 6.92 Å². The Hall–Kier alpha value is -2.40. The number of carbonyl (C=O) groups is 1. The van der Waals surface area contributed by atoms with Crippen molar-refractivity contribution in [3.63, 3.8) is 0 Å². The summed E-state index contributed by atoms with van der Waals surface area (Å²) in [6.45, 7) is 4.11. The van der Waals surface area contributed by atoms with Gasteiger partial charge in [-0.25, -0.2) is 0 Å². The molecule has 24 heavy (non-hydrogen) atoms. The minimum absolute atomic E-state index is 0.0375. The molecule has 1 aliphatic heterocycles. The van der Waals surface area contributed by atoms with Crippen molar-refractivity contribution in [3.8, 4) is 5.75 Å². The first-order chi connectivity index (χ1) is 11.6. The Morgan fingerprint density at radius 3 is 2.71 bits per heavy atom. The molecule has 0 radical (unpaired) electrons. The highest BCUT2D eigenvalue weighted by Crippen LogP contribution is 2.31. The van der Waals surface area contributed by atoms with Crippen molar-refractivity contribution in [2.45, 2.75) is 13.0 Å². The summed E-state index contributed by atoms with van der Waals surface area (Å²) in [6.07, 6.45) is 1.66. The fourth-order valence-corrected chi connectivity index (χ4v) is 3.11. The number of pyridine rings is 1. The lowest BCUT2D eigenvalue weighted by Gasteiger charge is -2.40. The fraction of sp³-hybridized carbons (Fsp3) is 0.368. The van der Waals surface area contributed by atoms with Crippen LogP contribution in [0.25, 0.3) is 0 Å². The van der Waals surface area contributed by atoms with Crippen molar-refractivity contribution in [2.75, 3.05) is 33.8 Å². The molecule has 1 aromatic carbocycles. The maximum absolute atomic E-state index is 12.8. The number of aryl methyl sites for hydroxylation is 1. The van der Waals surface area contributed by atoms with E-state index in [2.05, 4.69) is 23.0 Å². The summed E-state index contributed by atoms with van der Waals surface area (Å²) < 4.78 is 5.50. The van der Waals surface area contributed by atoms with Crippen molar-refractivity contribution in [3.05, 3.63) is 59.4 Å². The number of likely N-dealkylation sites (N-methyl/N-ethyl adjacent to an activating group) is 1. The molecule has 5 heteroatoms. The predicted octanol–water partition coefficient (Wildman–Crippen LogP) is 2.53. The zero-order chi connectivity index (χ0) is 17.1. The number of para-hydroxylation sites is 1. The summed E-state index contributed by atoms with van der Waals surface area (Å²) >= 11 is 0. The molecule has 2 aromatic rings. The van der Waals surface area contributed by atoms with Crippen LogP contribution in [0.15, 0.2) is 42.6 Å². The molecule has 0 aliphatic carbocycles. The second-order valence-corrected chi connectivity index (χ2v) is 6.18. The number of hydrogen-bond acceptors (Lipinski definition) is 4. The second-order valence-electron chi connectivity index (χ2n) is 6.18. The number of aromatic nitrogens is 1. The number of nitrogens with zero attached hydrogens (tertiary/aromatic N) is 3. The molecule has 0 spiro atoms. The lowest BCUT2D eigenvalue weighted by Crippen LogP contribution is -2.49. The summed E-state index contributed by atoms with van der Waals surface area (Å²) in [4.78, 5) is 21.2. The number of benzene rings is 1. The standard InChI is InChI=1S/C19H23N3O2/c1-14-8-9-15(12-20-14)19(23)22-11-10-21(2)17(13-22)16-6-4-5-7-18(16)24-3/h4-9,12,17H,10-11,13H2,1-3H3. The fourth-order valence-electron chi connectivity index (χ4n) is 3.11. The number of piperazine rings is 1. The largest absolute Gasteiger partial charge is 0.496 e. The van der Waals surface area contributed by atoms with Crippen molar-refractivity contribution < 1.29 is 9.53 Å². The smallest absolute Gasteiger partial charge is 0.255 e. The molecule has 5 nitrogen and oxygen atoms in total. The maximum atomic E-state index is 12.8. The zero-order valence-corrected chi connectivity index (χ0v) is 14.4. The van der Waals surface area contributed by atoms with E-state index in [1.54, 1.807) is 13.3 Å². The van der Waals surface area contributed by atoms with Crippen LogP contribution in [-0.4, -0.2) is 54.5 Å². The van der Waals surface area contributed by atoms with E-state index >= 15 is 0 Å². The molecule has 126 valence electrons. The summed E-state index contributed by atoms with van der Waals surface area (Å²) in [6, 6.07) is 11.9. The topological polar surface area (TPSA) is 45.7 Å². The average molecular weight is 325 g/mol.